The van der Waals surface area contributed by atoms with Crippen LogP contribution in [-0.2, 0) is 24.4 Å². The molecule has 4 nitrogen and oxygen atoms in total. The lowest BCUT2D eigenvalue weighted by Crippen LogP contribution is -2.04. The Kier molecular flexibility index (Phi) is 3.76. The molecule has 0 aliphatic heterocycles. The van der Waals surface area contributed by atoms with Gasteiger partial charge in [-0.05, 0) is 31.5 Å². The van der Waals surface area contributed by atoms with E-state index in [-0.39, 0.29) is 0 Å². The van der Waals surface area contributed by atoms with E-state index in [9.17, 15) is 0 Å². The van der Waals surface area contributed by atoms with Crippen molar-refractivity contribution in [2.75, 3.05) is 6.61 Å². The molecule has 92 valence electrons. The predicted octanol–water partition coefficient (Wildman–Crippen LogP) is 2.05. The fourth-order valence-corrected chi connectivity index (χ4v) is 2.01. The van der Waals surface area contributed by atoms with Crippen LogP contribution in [0.3, 0.4) is 0 Å². The molecule has 2 N–H and O–H groups in total. The van der Waals surface area contributed by atoms with Gasteiger partial charge < -0.3 is 15.0 Å². The van der Waals surface area contributed by atoms with Crippen LogP contribution in [0.25, 0.3) is 11.0 Å². The highest BCUT2D eigenvalue weighted by Gasteiger charge is 2.09. The van der Waals surface area contributed by atoms with E-state index < -0.39 is 0 Å². The van der Waals surface area contributed by atoms with E-state index in [0.717, 1.165) is 29.0 Å². The van der Waals surface area contributed by atoms with E-state index in [1.165, 1.54) is 0 Å². The van der Waals surface area contributed by atoms with Crippen molar-refractivity contribution in [3.8, 4) is 0 Å². The Bertz CT molecular complexity index is 505. The molecule has 2 rings (SSSR count). The second-order valence-electron chi connectivity index (χ2n) is 3.94. The lowest BCUT2D eigenvalue weighted by atomic mass is 10.2. The van der Waals surface area contributed by atoms with Crippen LogP contribution in [0, 0.1) is 0 Å². The fraction of sp³-hybridized carbons (Fsp3) is 0.462. The highest BCUT2D eigenvalue weighted by Crippen LogP contribution is 2.18. The zero-order valence-electron chi connectivity index (χ0n) is 10.4. The molecular formula is C13H19N3O. The summed E-state index contributed by atoms with van der Waals surface area (Å²) < 4.78 is 7.63. The average Bonchev–Trinajstić information content (AvgIpc) is 2.72. The molecule has 0 saturated carbocycles. The molecule has 0 bridgehead atoms. The molecule has 0 atom stereocenters. The Morgan fingerprint density at radius 2 is 2.18 bits per heavy atom. The molecule has 0 fully saturated rings. The standard InChI is InChI=1S/C13H19N3O/c1-3-16-12-6-5-10(8-14)7-11(12)15-13(16)9-17-4-2/h5-7H,3-4,8-9,14H2,1-2H3. The molecule has 0 unspecified atom stereocenters. The van der Waals surface area contributed by atoms with Crippen LogP contribution in [0.15, 0.2) is 18.2 Å². The Balaban J connectivity index is 2.46. The van der Waals surface area contributed by atoms with E-state index in [4.69, 9.17) is 10.5 Å². The zero-order chi connectivity index (χ0) is 12.3. The first-order chi connectivity index (χ1) is 8.30. The number of nitrogens with zero attached hydrogens (tertiary/aromatic N) is 2. The van der Waals surface area contributed by atoms with E-state index in [1.54, 1.807) is 0 Å². The summed E-state index contributed by atoms with van der Waals surface area (Å²) in [5.41, 5.74) is 8.91. The van der Waals surface area contributed by atoms with Gasteiger partial charge in [0.25, 0.3) is 0 Å². The number of ether oxygens (including phenoxy) is 1. The van der Waals surface area contributed by atoms with Gasteiger partial charge in [-0.1, -0.05) is 6.07 Å². The number of hydrogen-bond donors (Lipinski definition) is 1. The number of imidazole rings is 1. The largest absolute Gasteiger partial charge is 0.374 e. The summed E-state index contributed by atoms with van der Waals surface area (Å²) in [5.74, 6) is 0.985. The van der Waals surface area contributed by atoms with Crippen molar-refractivity contribution in [2.45, 2.75) is 33.5 Å². The maximum atomic E-state index is 5.64. The molecule has 2 aromatic rings. The first-order valence-corrected chi connectivity index (χ1v) is 6.06. The highest BCUT2D eigenvalue weighted by atomic mass is 16.5. The lowest BCUT2D eigenvalue weighted by molar-refractivity contribution is 0.126. The third-order valence-corrected chi connectivity index (χ3v) is 2.88. The fourth-order valence-electron chi connectivity index (χ4n) is 2.01. The number of aryl methyl sites for hydroxylation is 1. The molecule has 1 aromatic carbocycles. The third kappa shape index (κ3) is 2.33. The minimum Gasteiger partial charge on any atom is -0.374 e. The molecule has 17 heavy (non-hydrogen) atoms. The Morgan fingerprint density at radius 3 is 2.82 bits per heavy atom. The Labute approximate surface area is 101 Å². The molecule has 4 heteroatoms. The smallest absolute Gasteiger partial charge is 0.135 e. The molecular weight excluding hydrogens is 214 g/mol. The van der Waals surface area contributed by atoms with Gasteiger partial charge in [-0.15, -0.1) is 0 Å². The zero-order valence-corrected chi connectivity index (χ0v) is 10.4. The summed E-state index contributed by atoms with van der Waals surface area (Å²) in [6, 6.07) is 6.20. The van der Waals surface area contributed by atoms with Crippen LogP contribution in [0.4, 0.5) is 0 Å². The van der Waals surface area contributed by atoms with Crippen molar-refractivity contribution in [1.82, 2.24) is 9.55 Å². The van der Waals surface area contributed by atoms with Crippen molar-refractivity contribution in [2.24, 2.45) is 5.73 Å². The number of rotatable bonds is 5. The summed E-state index contributed by atoms with van der Waals surface area (Å²) in [6.07, 6.45) is 0. The van der Waals surface area contributed by atoms with Gasteiger partial charge in [-0.3, -0.25) is 0 Å². The normalized spacial score (nSPS) is 11.2. The summed E-state index contributed by atoms with van der Waals surface area (Å²) in [7, 11) is 0. The average molecular weight is 233 g/mol. The van der Waals surface area contributed by atoms with E-state index in [0.29, 0.717) is 19.8 Å². The van der Waals surface area contributed by atoms with Gasteiger partial charge in [0.1, 0.15) is 12.4 Å². The van der Waals surface area contributed by atoms with Crippen molar-refractivity contribution < 1.29 is 4.74 Å². The summed E-state index contributed by atoms with van der Waals surface area (Å²) >= 11 is 0. The maximum absolute atomic E-state index is 5.64. The number of hydrogen-bond acceptors (Lipinski definition) is 3. The van der Waals surface area contributed by atoms with E-state index in [1.807, 2.05) is 6.92 Å². The van der Waals surface area contributed by atoms with Gasteiger partial charge in [0.2, 0.25) is 0 Å². The maximum Gasteiger partial charge on any atom is 0.135 e. The van der Waals surface area contributed by atoms with Crippen molar-refractivity contribution in [1.29, 1.82) is 0 Å². The molecule has 1 heterocycles. The third-order valence-electron chi connectivity index (χ3n) is 2.88. The predicted molar refractivity (Wildman–Crippen MR) is 68.6 cm³/mol. The summed E-state index contributed by atoms with van der Waals surface area (Å²) in [6.45, 7) is 6.84. The summed E-state index contributed by atoms with van der Waals surface area (Å²) in [5, 5.41) is 0. The molecule has 1 aromatic heterocycles. The van der Waals surface area contributed by atoms with Gasteiger partial charge in [-0.2, -0.15) is 0 Å². The number of nitrogens with two attached hydrogens (primary N) is 1. The molecule has 0 spiro atoms. The Hall–Kier alpha value is -1.39. The molecule has 0 radical (unpaired) electrons. The van der Waals surface area contributed by atoms with Crippen LogP contribution >= 0.6 is 0 Å². The van der Waals surface area contributed by atoms with Crippen LogP contribution in [0.2, 0.25) is 0 Å². The van der Waals surface area contributed by atoms with Crippen molar-refractivity contribution in [3.05, 3.63) is 29.6 Å². The summed E-state index contributed by atoms with van der Waals surface area (Å²) in [4.78, 5) is 4.61. The minimum absolute atomic E-state index is 0.551. The van der Waals surface area contributed by atoms with Gasteiger partial charge >= 0.3 is 0 Å². The quantitative estimate of drug-likeness (QED) is 0.860. The van der Waals surface area contributed by atoms with Crippen LogP contribution < -0.4 is 5.73 Å². The van der Waals surface area contributed by atoms with Crippen LogP contribution in [0.1, 0.15) is 25.2 Å². The number of benzene rings is 1. The minimum atomic E-state index is 0.551. The first-order valence-electron chi connectivity index (χ1n) is 6.06. The van der Waals surface area contributed by atoms with Gasteiger partial charge in [-0.25, -0.2) is 4.98 Å². The van der Waals surface area contributed by atoms with Crippen molar-refractivity contribution >= 4 is 11.0 Å². The topological polar surface area (TPSA) is 53.1 Å². The van der Waals surface area contributed by atoms with Crippen molar-refractivity contribution in [3.63, 3.8) is 0 Å². The molecule has 0 amide bonds. The second kappa shape index (κ2) is 5.29. The highest BCUT2D eigenvalue weighted by molar-refractivity contribution is 5.76. The first kappa shape index (κ1) is 12.1. The SMILES string of the molecule is CCOCc1nc2cc(CN)ccc2n1CC. The lowest BCUT2D eigenvalue weighted by Gasteiger charge is -2.05. The Morgan fingerprint density at radius 1 is 1.35 bits per heavy atom. The van der Waals surface area contributed by atoms with E-state index in [2.05, 4.69) is 34.7 Å². The second-order valence-corrected chi connectivity index (χ2v) is 3.94. The van der Waals surface area contributed by atoms with E-state index >= 15 is 0 Å². The van der Waals surface area contributed by atoms with Gasteiger partial charge in [0.15, 0.2) is 0 Å². The monoisotopic (exact) mass is 233 g/mol. The van der Waals surface area contributed by atoms with Gasteiger partial charge in [0.05, 0.1) is 11.0 Å². The van der Waals surface area contributed by atoms with Crippen LogP contribution in [0.5, 0.6) is 0 Å². The number of aromatic nitrogens is 2. The van der Waals surface area contributed by atoms with Crippen LogP contribution in [-0.4, -0.2) is 16.2 Å². The number of fused-ring (bicyclic) bond motifs is 1. The molecule has 0 aliphatic rings. The molecule has 0 aliphatic carbocycles. The van der Waals surface area contributed by atoms with Gasteiger partial charge in [0, 0.05) is 19.7 Å². The molecule has 0 saturated heterocycles.